The van der Waals surface area contributed by atoms with Crippen LogP contribution in [0.25, 0.3) is 0 Å². The van der Waals surface area contributed by atoms with Gasteiger partial charge in [-0.1, -0.05) is 81.3 Å². The predicted octanol–water partition coefficient (Wildman–Crippen LogP) is -0.0914. The maximum Gasteiger partial charge on any atom is 4.00 e. The standard InChI is InChI=1S/2C8H13Si.C7H9Si.2ClH.Hf/c2*1-9(2,3)8-6-4-5-7-8;1-8-7-5-3-2-4-6-7;;;/h2*6-7H,4H2,1-3H3;2-6,8H,1H3;2*1H;/q2*-1;;;;+4/p-2. The maximum absolute atomic E-state index is 3.20. The van der Waals surface area contributed by atoms with Crippen molar-refractivity contribution in [2.24, 2.45) is 0 Å². The van der Waals surface area contributed by atoms with E-state index in [1.165, 1.54) is 5.19 Å². The van der Waals surface area contributed by atoms with Crippen molar-refractivity contribution in [1.82, 2.24) is 0 Å². The minimum atomic E-state index is -0.981. The number of allylic oxidation sites excluding steroid dienone is 8. The van der Waals surface area contributed by atoms with E-state index in [0.717, 1.165) is 12.8 Å². The molecule has 29 heavy (non-hydrogen) atoms. The van der Waals surface area contributed by atoms with E-state index in [1.807, 2.05) is 0 Å². The van der Waals surface area contributed by atoms with Gasteiger partial charge in [-0.25, -0.2) is 22.5 Å². The van der Waals surface area contributed by atoms with Crippen LogP contribution in [0.3, 0.4) is 0 Å². The van der Waals surface area contributed by atoms with Gasteiger partial charge in [-0.05, 0) is 16.1 Å². The van der Waals surface area contributed by atoms with Crippen LogP contribution in [-0.4, -0.2) is 25.7 Å². The van der Waals surface area contributed by atoms with E-state index >= 15 is 0 Å². The predicted molar refractivity (Wildman–Crippen MR) is 127 cm³/mol. The largest absolute Gasteiger partial charge is 4.00 e. The Morgan fingerprint density at radius 2 is 1.10 bits per heavy atom. The summed E-state index contributed by atoms with van der Waals surface area (Å²) >= 11 is 0. The number of hydrogen-bond acceptors (Lipinski definition) is 0. The molecule has 0 nitrogen and oxygen atoms in total. The van der Waals surface area contributed by atoms with Crippen molar-refractivity contribution >= 4 is 30.9 Å². The van der Waals surface area contributed by atoms with Gasteiger partial charge in [0.05, 0.1) is 9.52 Å². The Morgan fingerprint density at radius 1 is 0.724 bits per heavy atom. The molecule has 0 aliphatic heterocycles. The normalized spacial score (nSPS) is 13.9. The topological polar surface area (TPSA) is 0 Å². The summed E-state index contributed by atoms with van der Waals surface area (Å²) in [7, 11) is -1.45. The molecule has 0 N–H and O–H groups in total. The first-order chi connectivity index (χ1) is 12.1. The maximum atomic E-state index is 3.20. The molecule has 0 saturated carbocycles. The van der Waals surface area contributed by atoms with Gasteiger partial charge < -0.3 is 24.8 Å². The molecule has 2 aliphatic rings. The monoisotopic (exact) mass is 645 g/mol. The first-order valence-electron chi connectivity index (χ1n) is 9.53. The van der Waals surface area contributed by atoms with Crippen LogP contribution in [0.4, 0.5) is 0 Å². The van der Waals surface area contributed by atoms with Gasteiger partial charge in [-0.2, -0.15) is 12.2 Å². The fourth-order valence-electron chi connectivity index (χ4n) is 2.48. The molecule has 1 aromatic carbocycles. The third-order valence-electron chi connectivity index (χ3n) is 4.26. The average molecular weight is 645 g/mol. The second-order valence-corrected chi connectivity index (χ2v) is 20.0. The second kappa shape index (κ2) is 16.9. The van der Waals surface area contributed by atoms with Gasteiger partial charge in [0.2, 0.25) is 0 Å². The third-order valence-corrected chi connectivity index (χ3v) is 9.47. The smallest absolute Gasteiger partial charge is 1.00 e. The van der Waals surface area contributed by atoms with E-state index in [4.69, 9.17) is 0 Å². The Bertz CT molecular complexity index is 628. The Kier molecular flexibility index (Phi) is 19.8. The summed E-state index contributed by atoms with van der Waals surface area (Å²) in [6.45, 7) is 16.4. The summed E-state index contributed by atoms with van der Waals surface area (Å²) < 4.78 is 0. The molecular formula is C23H35Cl2HfSi3. The summed E-state index contributed by atoms with van der Waals surface area (Å²) in [5, 5.41) is 4.61. The summed E-state index contributed by atoms with van der Waals surface area (Å²) in [5.41, 5.74) is 0. The molecule has 0 spiro atoms. The molecule has 157 valence electrons. The number of rotatable bonds is 3. The summed E-state index contributed by atoms with van der Waals surface area (Å²) in [4.78, 5) is 0. The molecule has 1 aromatic rings. The van der Waals surface area contributed by atoms with Crippen LogP contribution in [-0.2, 0) is 25.8 Å². The Morgan fingerprint density at radius 3 is 1.28 bits per heavy atom. The molecule has 0 aromatic heterocycles. The van der Waals surface area contributed by atoms with Crippen molar-refractivity contribution in [2.75, 3.05) is 0 Å². The van der Waals surface area contributed by atoms with Crippen LogP contribution in [0.2, 0.25) is 45.8 Å². The van der Waals surface area contributed by atoms with Gasteiger partial charge in [0.1, 0.15) is 0 Å². The minimum Gasteiger partial charge on any atom is -1.00 e. The molecule has 2 aliphatic carbocycles. The fourth-order valence-corrected chi connectivity index (χ4v) is 5.59. The number of halogens is 2. The van der Waals surface area contributed by atoms with E-state index in [0.29, 0.717) is 9.52 Å². The summed E-state index contributed by atoms with van der Waals surface area (Å²) in [6.07, 6.45) is 17.4. The van der Waals surface area contributed by atoms with Gasteiger partial charge in [0.25, 0.3) is 0 Å². The molecule has 0 heterocycles. The number of benzene rings is 1. The minimum absolute atomic E-state index is 0. The number of hydrogen-bond donors (Lipinski definition) is 0. The summed E-state index contributed by atoms with van der Waals surface area (Å²) in [6, 6.07) is 10.6. The van der Waals surface area contributed by atoms with E-state index < -0.39 is 16.1 Å². The van der Waals surface area contributed by atoms with Crippen LogP contribution < -0.4 is 30.0 Å². The van der Waals surface area contributed by atoms with Gasteiger partial charge in [0.15, 0.2) is 0 Å². The van der Waals surface area contributed by atoms with E-state index in [-0.39, 0.29) is 50.7 Å². The Labute approximate surface area is 215 Å². The van der Waals surface area contributed by atoms with Crippen molar-refractivity contribution in [3.63, 3.8) is 0 Å². The average Bonchev–Trinajstić information content (AvgIpc) is 3.29. The molecule has 3 rings (SSSR count). The van der Waals surface area contributed by atoms with Gasteiger partial charge >= 0.3 is 25.8 Å². The fraction of sp³-hybridized carbons (Fsp3) is 0.391. The Balaban J connectivity index is -0.000000333. The van der Waals surface area contributed by atoms with Gasteiger partial charge in [0, 0.05) is 0 Å². The van der Waals surface area contributed by atoms with E-state index in [1.54, 1.807) is 10.4 Å². The van der Waals surface area contributed by atoms with Crippen molar-refractivity contribution in [2.45, 2.75) is 58.7 Å². The molecule has 0 unspecified atom stereocenters. The molecule has 0 bridgehead atoms. The van der Waals surface area contributed by atoms with E-state index in [2.05, 4.69) is 113 Å². The zero-order chi connectivity index (χ0) is 19.6. The molecule has 0 saturated heterocycles. The van der Waals surface area contributed by atoms with Crippen LogP contribution in [0.15, 0.2) is 65.0 Å². The van der Waals surface area contributed by atoms with Gasteiger partial charge in [-0.15, -0.1) is 12.8 Å². The molecule has 0 fully saturated rings. The Hall–Kier alpha value is 0.281. The third kappa shape index (κ3) is 14.8. The van der Waals surface area contributed by atoms with Crippen molar-refractivity contribution in [3.8, 4) is 0 Å². The van der Waals surface area contributed by atoms with Crippen LogP contribution in [0.1, 0.15) is 12.8 Å². The van der Waals surface area contributed by atoms with Crippen molar-refractivity contribution < 1.29 is 50.7 Å². The summed E-state index contributed by atoms with van der Waals surface area (Å²) in [5.74, 6) is 0. The van der Waals surface area contributed by atoms with Crippen molar-refractivity contribution in [1.29, 1.82) is 0 Å². The quantitative estimate of drug-likeness (QED) is 0.319. The van der Waals surface area contributed by atoms with Crippen LogP contribution >= 0.6 is 0 Å². The zero-order valence-corrected chi connectivity index (χ0v) is 27.2. The molecule has 0 atom stereocenters. The van der Waals surface area contributed by atoms with E-state index in [9.17, 15) is 0 Å². The van der Waals surface area contributed by atoms with Crippen LogP contribution in [0, 0.1) is 12.2 Å². The zero-order valence-electron chi connectivity index (χ0n) is 18.9. The first kappa shape index (κ1) is 33.9. The molecule has 0 amide bonds. The molecule has 6 heteroatoms. The molecule has 1 radical (unpaired) electrons. The second-order valence-electron chi connectivity index (χ2n) is 8.62. The van der Waals surface area contributed by atoms with Gasteiger partial charge in [-0.3, -0.25) is 12.2 Å². The van der Waals surface area contributed by atoms with Crippen LogP contribution in [0.5, 0.6) is 0 Å². The SMILES string of the molecule is C[SiH]c1ccccc1.C[Si](C)(C)C1=CC[C-]=C1.C[Si](C)(C)C1=CC[C-]=C1.[Cl-].[Cl-].[Hf+4]. The molecular weight excluding hydrogens is 610 g/mol. The first-order valence-corrected chi connectivity index (χ1v) is 18.3. The van der Waals surface area contributed by atoms with Crippen molar-refractivity contribution in [3.05, 3.63) is 77.2 Å².